The summed E-state index contributed by atoms with van der Waals surface area (Å²) < 4.78 is 19.8. The predicted molar refractivity (Wildman–Crippen MR) is 97.3 cm³/mol. The molecule has 0 unspecified atom stereocenters. The quantitative estimate of drug-likeness (QED) is 0.809. The van der Waals surface area contributed by atoms with Gasteiger partial charge < -0.3 is 14.5 Å². The molecule has 1 heterocycles. The lowest BCUT2D eigenvalue weighted by atomic mass is 9.88. The predicted octanol–water partition coefficient (Wildman–Crippen LogP) is 2.98. The normalized spacial score (nSPS) is 26.2. The number of para-hydroxylation sites is 1. The number of carbonyl (C=O) groups excluding carboxylic acids is 2. The highest BCUT2D eigenvalue weighted by Crippen LogP contribution is 2.28. The molecule has 1 aliphatic carbocycles. The van der Waals surface area contributed by atoms with Crippen molar-refractivity contribution < 1.29 is 18.7 Å². The fraction of sp³-hybridized carbons (Fsp3) is 0.600. The molecule has 1 aromatic rings. The first kappa shape index (κ1) is 18.8. The first-order valence-electron chi connectivity index (χ1n) is 9.42. The molecule has 1 aromatic carbocycles. The zero-order chi connectivity index (χ0) is 18.7. The highest BCUT2D eigenvalue weighted by atomic mass is 19.1. The third kappa shape index (κ3) is 3.90. The maximum Gasteiger partial charge on any atom is 0.249 e. The van der Waals surface area contributed by atoms with Crippen LogP contribution in [-0.2, 0) is 14.3 Å². The second kappa shape index (κ2) is 8.16. The van der Waals surface area contributed by atoms with E-state index in [1.807, 2.05) is 0 Å². The summed E-state index contributed by atoms with van der Waals surface area (Å²) >= 11 is 0. The molecule has 26 heavy (non-hydrogen) atoms. The maximum absolute atomic E-state index is 14.0. The van der Waals surface area contributed by atoms with Gasteiger partial charge in [-0.15, -0.1) is 0 Å². The van der Waals surface area contributed by atoms with Crippen LogP contribution in [0.15, 0.2) is 24.3 Å². The maximum atomic E-state index is 14.0. The molecular formula is C20H27FN2O3. The minimum Gasteiger partial charge on any atom is -0.368 e. The zero-order valence-electron chi connectivity index (χ0n) is 15.5. The number of benzene rings is 1. The van der Waals surface area contributed by atoms with Gasteiger partial charge in [-0.2, -0.15) is 0 Å². The highest BCUT2D eigenvalue weighted by molar-refractivity contribution is 6.01. The summed E-state index contributed by atoms with van der Waals surface area (Å²) in [4.78, 5) is 28.1. The van der Waals surface area contributed by atoms with Gasteiger partial charge in [0.15, 0.2) is 0 Å². The standard InChI is InChI=1S/C20H27FN2O3/c1-14-7-3-6-10-18(14)26-13-19(24)22(2)17-11-12-23(20(17)25)16-9-5-4-8-15(16)21/h4-5,8-9,14,17-18H,3,6-7,10-13H2,1-2H3/t14-,17-,18+/m1/s1. The van der Waals surface area contributed by atoms with E-state index < -0.39 is 11.9 Å². The largest absolute Gasteiger partial charge is 0.368 e. The number of nitrogens with zero attached hydrogens (tertiary/aromatic N) is 2. The molecule has 2 amide bonds. The van der Waals surface area contributed by atoms with E-state index in [9.17, 15) is 14.0 Å². The molecule has 1 saturated heterocycles. The molecule has 0 spiro atoms. The average Bonchev–Trinajstić information content (AvgIpc) is 3.02. The number of ether oxygens (including phenoxy) is 1. The summed E-state index contributed by atoms with van der Waals surface area (Å²) in [6, 6.07) is 5.66. The molecule has 2 aliphatic rings. The number of hydrogen-bond acceptors (Lipinski definition) is 3. The Kier molecular flexibility index (Phi) is 5.91. The summed E-state index contributed by atoms with van der Waals surface area (Å²) in [5, 5.41) is 0. The Morgan fingerprint density at radius 2 is 2.00 bits per heavy atom. The Hall–Kier alpha value is -1.95. The van der Waals surface area contributed by atoms with Crippen LogP contribution in [0.1, 0.15) is 39.0 Å². The van der Waals surface area contributed by atoms with Crippen LogP contribution in [0.4, 0.5) is 10.1 Å². The van der Waals surface area contributed by atoms with Crippen LogP contribution in [0.3, 0.4) is 0 Å². The van der Waals surface area contributed by atoms with Gasteiger partial charge in [-0.3, -0.25) is 9.59 Å². The van der Waals surface area contributed by atoms with Crippen molar-refractivity contribution in [2.24, 2.45) is 5.92 Å². The second-order valence-electron chi connectivity index (χ2n) is 7.36. The van der Waals surface area contributed by atoms with Gasteiger partial charge in [0, 0.05) is 13.6 Å². The molecular weight excluding hydrogens is 335 g/mol. The van der Waals surface area contributed by atoms with E-state index in [1.165, 1.54) is 22.3 Å². The first-order valence-corrected chi connectivity index (χ1v) is 9.42. The molecule has 5 nitrogen and oxygen atoms in total. The van der Waals surface area contributed by atoms with Crippen molar-refractivity contribution in [1.29, 1.82) is 0 Å². The fourth-order valence-electron chi connectivity index (χ4n) is 3.92. The van der Waals surface area contributed by atoms with Crippen LogP contribution in [0.2, 0.25) is 0 Å². The Balaban J connectivity index is 1.57. The molecule has 0 N–H and O–H groups in total. The van der Waals surface area contributed by atoms with Crippen molar-refractivity contribution in [1.82, 2.24) is 4.90 Å². The molecule has 142 valence electrons. The van der Waals surface area contributed by atoms with Crippen molar-refractivity contribution in [3.63, 3.8) is 0 Å². The topological polar surface area (TPSA) is 49.9 Å². The highest BCUT2D eigenvalue weighted by Gasteiger charge is 2.38. The van der Waals surface area contributed by atoms with E-state index >= 15 is 0 Å². The minimum atomic E-state index is -0.561. The fourth-order valence-corrected chi connectivity index (χ4v) is 3.92. The molecule has 0 bridgehead atoms. The van der Waals surface area contributed by atoms with Crippen LogP contribution >= 0.6 is 0 Å². The van der Waals surface area contributed by atoms with Gasteiger partial charge in [-0.05, 0) is 37.3 Å². The number of carbonyl (C=O) groups is 2. The third-order valence-electron chi connectivity index (χ3n) is 5.64. The summed E-state index contributed by atoms with van der Waals surface area (Å²) in [6.07, 6.45) is 5.09. The number of halogens is 1. The molecule has 1 saturated carbocycles. The molecule has 1 aliphatic heterocycles. The second-order valence-corrected chi connectivity index (χ2v) is 7.36. The van der Waals surface area contributed by atoms with Gasteiger partial charge in [0.1, 0.15) is 18.5 Å². The van der Waals surface area contributed by atoms with Crippen molar-refractivity contribution in [3.05, 3.63) is 30.1 Å². The molecule has 0 aromatic heterocycles. The number of rotatable bonds is 5. The van der Waals surface area contributed by atoms with Crippen LogP contribution in [-0.4, -0.2) is 49.1 Å². The van der Waals surface area contributed by atoms with E-state index in [0.29, 0.717) is 18.9 Å². The number of anilines is 1. The Labute approximate surface area is 154 Å². The number of amides is 2. The van der Waals surface area contributed by atoms with Gasteiger partial charge in [0.05, 0.1) is 11.8 Å². The van der Waals surface area contributed by atoms with E-state index in [4.69, 9.17) is 4.74 Å². The number of hydrogen-bond donors (Lipinski definition) is 0. The SMILES string of the molecule is C[C@@H]1CCCC[C@@H]1OCC(=O)N(C)[C@@H]1CCN(c2ccccc2F)C1=O. The Morgan fingerprint density at radius 3 is 2.73 bits per heavy atom. The van der Waals surface area contributed by atoms with E-state index in [2.05, 4.69) is 6.92 Å². The van der Waals surface area contributed by atoms with Gasteiger partial charge in [0.2, 0.25) is 11.8 Å². The van der Waals surface area contributed by atoms with Gasteiger partial charge in [0.25, 0.3) is 0 Å². The van der Waals surface area contributed by atoms with Gasteiger partial charge in [-0.25, -0.2) is 4.39 Å². The van der Waals surface area contributed by atoms with Crippen LogP contribution in [0.25, 0.3) is 0 Å². The minimum absolute atomic E-state index is 0.00498. The van der Waals surface area contributed by atoms with E-state index in [-0.39, 0.29) is 30.2 Å². The summed E-state index contributed by atoms with van der Waals surface area (Å²) in [6.45, 7) is 2.56. The molecule has 6 heteroatoms. The smallest absolute Gasteiger partial charge is 0.249 e. The molecule has 3 atom stereocenters. The van der Waals surface area contributed by atoms with Gasteiger partial charge >= 0.3 is 0 Å². The van der Waals surface area contributed by atoms with Crippen molar-refractivity contribution in [2.45, 2.75) is 51.2 Å². The van der Waals surface area contributed by atoms with Crippen LogP contribution in [0, 0.1) is 11.7 Å². The van der Waals surface area contributed by atoms with Crippen molar-refractivity contribution >= 4 is 17.5 Å². The average molecular weight is 362 g/mol. The molecule has 0 radical (unpaired) electrons. The van der Waals surface area contributed by atoms with E-state index in [0.717, 1.165) is 19.3 Å². The summed E-state index contributed by atoms with van der Waals surface area (Å²) in [5.41, 5.74) is 0.271. The van der Waals surface area contributed by atoms with Crippen molar-refractivity contribution in [3.8, 4) is 0 Å². The summed E-state index contributed by atoms with van der Waals surface area (Å²) in [7, 11) is 1.63. The lowest BCUT2D eigenvalue weighted by Crippen LogP contribution is -2.45. The van der Waals surface area contributed by atoms with E-state index in [1.54, 1.807) is 25.2 Å². The molecule has 3 rings (SSSR count). The van der Waals surface area contributed by atoms with Crippen LogP contribution < -0.4 is 4.90 Å². The lowest BCUT2D eigenvalue weighted by Gasteiger charge is -2.30. The van der Waals surface area contributed by atoms with Gasteiger partial charge in [-0.1, -0.05) is 31.9 Å². The Morgan fingerprint density at radius 1 is 1.27 bits per heavy atom. The zero-order valence-corrected chi connectivity index (χ0v) is 15.5. The van der Waals surface area contributed by atoms with Crippen LogP contribution in [0.5, 0.6) is 0 Å². The monoisotopic (exact) mass is 362 g/mol. The summed E-state index contributed by atoms with van der Waals surface area (Å²) in [5.74, 6) is -0.398. The van der Waals surface area contributed by atoms with Crippen molar-refractivity contribution in [2.75, 3.05) is 25.1 Å². The first-order chi connectivity index (χ1) is 12.5. The molecule has 2 fully saturated rings. The third-order valence-corrected chi connectivity index (χ3v) is 5.64. The Bertz CT molecular complexity index is 666. The lowest BCUT2D eigenvalue weighted by molar-refractivity contribution is -0.143. The number of likely N-dealkylation sites (N-methyl/N-ethyl adjacent to an activating group) is 1.